The summed E-state index contributed by atoms with van der Waals surface area (Å²) in [6.07, 6.45) is -0.228. The van der Waals surface area contributed by atoms with Gasteiger partial charge in [0.25, 0.3) is 5.69 Å². The number of nitrogens with two attached hydrogens (primary N) is 1. The van der Waals surface area contributed by atoms with Crippen LogP contribution in [0.5, 0.6) is 0 Å². The van der Waals surface area contributed by atoms with Crippen molar-refractivity contribution in [3.05, 3.63) is 33.4 Å². The number of carbonyl (C=O) groups is 2. The predicted octanol–water partition coefficient (Wildman–Crippen LogP) is 0.852. The summed E-state index contributed by atoms with van der Waals surface area (Å²) in [4.78, 5) is 33.2. The summed E-state index contributed by atoms with van der Waals surface area (Å²) in [5.74, 6) is -0.883. The second kappa shape index (κ2) is 4.04. The minimum absolute atomic E-state index is 0.212. The Morgan fingerprint density at radius 2 is 2.11 bits per heavy atom. The zero-order valence-electron chi connectivity index (χ0n) is 10.5. The molecule has 2 amide bonds. The van der Waals surface area contributed by atoms with Crippen molar-refractivity contribution < 1.29 is 14.5 Å². The molecular formula is C12H13N3O4. The van der Waals surface area contributed by atoms with Crippen LogP contribution in [0.2, 0.25) is 0 Å². The number of primary amides is 1. The maximum atomic E-state index is 11.8. The van der Waals surface area contributed by atoms with Gasteiger partial charge in [0.2, 0.25) is 11.8 Å². The average Bonchev–Trinajstić information content (AvgIpc) is 2.49. The van der Waals surface area contributed by atoms with Crippen molar-refractivity contribution in [3.63, 3.8) is 0 Å². The molecule has 7 heteroatoms. The lowest BCUT2D eigenvalue weighted by atomic mass is 9.85. The second-order valence-corrected chi connectivity index (χ2v) is 5.01. The highest BCUT2D eigenvalue weighted by atomic mass is 16.6. The number of benzene rings is 1. The van der Waals surface area contributed by atoms with Crippen LogP contribution in [0.25, 0.3) is 0 Å². The second-order valence-electron chi connectivity index (χ2n) is 5.01. The Balaban J connectivity index is 2.63. The van der Waals surface area contributed by atoms with Gasteiger partial charge in [0.1, 0.15) is 0 Å². The van der Waals surface area contributed by atoms with Crippen LogP contribution in [-0.4, -0.2) is 16.7 Å². The molecule has 100 valence electrons. The summed E-state index contributed by atoms with van der Waals surface area (Å²) >= 11 is 0. The van der Waals surface area contributed by atoms with Gasteiger partial charge in [-0.2, -0.15) is 0 Å². The van der Waals surface area contributed by atoms with Crippen molar-refractivity contribution in [3.8, 4) is 0 Å². The molecule has 1 aromatic carbocycles. The molecule has 2 rings (SSSR count). The minimum Gasteiger partial charge on any atom is -0.369 e. The molecule has 1 aliphatic heterocycles. The fraction of sp³-hybridized carbons (Fsp3) is 0.333. The highest BCUT2D eigenvalue weighted by molar-refractivity contribution is 6.06. The molecule has 0 aliphatic carbocycles. The molecule has 1 heterocycles. The van der Waals surface area contributed by atoms with Gasteiger partial charge in [-0.3, -0.25) is 19.7 Å². The van der Waals surface area contributed by atoms with E-state index in [-0.39, 0.29) is 23.6 Å². The Bertz CT molecular complexity index is 607. The number of nitrogens with zero attached hydrogens (tertiary/aromatic N) is 1. The molecule has 0 fully saturated rings. The van der Waals surface area contributed by atoms with E-state index < -0.39 is 16.2 Å². The van der Waals surface area contributed by atoms with Gasteiger partial charge in [-0.1, -0.05) is 0 Å². The van der Waals surface area contributed by atoms with Crippen molar-refractivity contribution in [1.29, 1.82) is 0 Å². The van der Waals surface area contributed by atoms with E-state index in [1.165, 1.54) is 12.1 Å². The first-order chi connectivity index (χ1) is 8.73. The molecule has 0 saturated heterocycles. The Hall–Kier alpha value is -2.44. The molecule has 0 spiro atoms. The molecule has 0 bridgehead atoms. The molecule has 0 unspecified atom stereocenters. The molecule has 0 atom stereocenters. The van der Waals surface area contributed by atoms with E-state index >= 15 is 0 Å². The van der Waals surface area contributed by atoms with E-state index in [0.717, 1.165) is 0 Å². The van der Waals surface area contributed by atoms with Gasteiger partial charge in [-0.05, 0) is 25.5 Å². The molecular weight excluding hydrogens is 250 g/mol. The van der Waals surface area contributed by atoms with Crippen molar-refractivity contribution in [1.82, 2.24) is 0 Å². The van der Waals surface area contributed by atoms with Crippen LogP contribution in [0.4, 0.5) is 11.4 Å². The van der Waals surface area contributed by atoms with Gasteiger partial charge in [-0.15, -0.1) is 0 Å². The normalized spacial score (nSPS) is 15.8. The number of hydrogen-bond donors (Lipinski definition) is 2. The Kier molecular flexibility index (Phi) is 2.77. The van der Waals surface area contributed by atoms with E-state index in [0.29, 0.717) is 11.3 Å². The number of anilines is 1. The van der Waals surface area contributed by atoms with Crippen LogP contribution < -0.4 is 11.1 Å². The van der Waals surface area contributed by atoms with E-state index in [9.17, 15) is 19.7 Å². The van der Waals surface area contributed by atoms with Gasteiger partial charge in [0, 0.05) is 11.6 Å². The van der Waals surface area contributed by atoms with E-state index in [2.05, 4.69) is 5.32 Å². The first-order valence-electron chi connectivity index (χ1n) is 5.65. The largest absolute Gasteiger partial charge is 0.369 e. The number of amides is 2. The topological polar surface area (TPSA) is 115 Å². The number of fused-ring (bicyclic) bond motifs is 1. The lowest BCUT2D eigenvalue weighted by Gasteiger charge is -2.15. The van der Waals surface area contributed by atoms with Crippen LogP contribution >= 0.6 is 0 Å². The smallest absolute Gasteiger partial charge is 0.275 e. The quantitative estimate of drug-likeness (QED) is 0.621. The van der Waals surface area contributed by atoms with Crippen molar-refractivity contribution in [2.24, 2.45) is 5.73 Å². The summed E-state index contributed by atoms with van der Waals surface area (Å²) < 4.78 is 0. The van der Waals surface area contributed by atoms with Crippen molar-refractivity contribution in [2.45, 2.75) is 25.7 Å². The maximum Gasteiger partial charge on any atom is 0.275 e. The Morgan fingerprint density at radius 3 is 2.63 bits per heavy atom. The maximum absolute atomic E-state index is 11.8. The average molecular weight is 263 g/mol. The van der Waals surface area contributed by atoms with E-state index in [1.54, 1.807) is 13.8 Å². The van der Waals surface area contributed by atoms with Crippen LogP contribution in [-0.2, 0) is 21.4 Å². The van der Waals surface area contributed by atoms with Crippen LogP contribution in [0.1, 0.15) is 25.0 Å². The molecule has 1 aliphatic rings. The molecule has 0 radical (unpaired) electrons. The molecule has 0 saturated carbocycles. The lowest BCUT2D eigenvalue weighted by molar-refractivity contribution is -0.385. The number of hydrogen-bond acceptors (Lipinski definition) is 4. The Labute approximate surface area is 108 Å². The number of nitro groups is 1. The summed E-state index contributed by atoms with van der Waals surface area (Å²) in [6.45, 7) is 3.43. The molecule has 19 heavy (non-hydrogen) atoms. The first kappa shape index (κ1) is 13.0. The fourth-order valence-electron chi connectivity index (χ4n) is 2.15. The lowest BCUT2D eigenvalue weighted by Crippen LogP contribution is -2.27. The van der Waals surface area contributed by atoms with Gasteiger partial charge >= 0.3 is 0 Å². The molecule has 3 N–H and O–H groups in total. The standard InChI is InChI=1S/C12H13N3O4/c1-12(2)7-3-6(4-10(13)16)9(15(18)19)5-8(7)14-11(12)17/h3,5H,4H2,1-2H3,(H2,13,16)(H,14,17). The third kappa shape index (κ3) is 2.03. The third-order valence-electron chi connectivity index (χ3n) is 3.27. The van der Waals surface area contributed by atoms with E-state index in [4.69, 9.17) is 5.73 Å². The van der Waals surface area contributed by atoms with Gasteiger partial charge in [0.05, 0.1) is 22.4 Å². The third-order valence-corrected chi connectivity index (χ3v) is 3.27. The van der Waals surface area contributed by atoms with Crippen molar-refractivity contribution >= 4 is 23.2 Å². The molecule has 0 aromatic heterocycles. The number of nitrogens with one attached hydrogen (secondary N) is 1. The highest BCUT2D eigenvalue weighted by Gasteiger charge is 2.40. The summed E-state index contributed by atoms with van der Waals surface area (Å²) in [7, 11) is 0. The van der Waals surface area contributed by atoms with Crippen LogP contribution in [0, 0.1) is 10.1 Å². The molecule has 7 nitrogen and oxygen atoms in total. The summed E-state index contributed by atoms with van der Waals surface area (Å²) in [5.41, 5.74) is 5.37. The molecule has 1 aromatic rings. The number of rotatable bonds is 3. The van der Waals surface area contributed by atoms with E-state index in [1.807, 2.05) is 0 Å². The van der Waals surface area contributed by atoms with Gasteiger partial charge in [-0.25, -0.2) is 0 Å². The SMILES string of the molecule is CC1(C)C(=O)Nc2cc([N+](=O)[O-])c(CC(N)=O)cc21. The number of carbonyl (C=O) groups excluding carboxylic acids is 2. The first-order valence-corrected chi connectivity index (χ1v) is 5.65. The monoisotopic (exact) mass is 263 g/mol. The van der Waals surface area contributed by atoms with Gasteiger partial charge in [0.15, 0.2) is 0 Å². The summed E-state index contributed by atoms with van der Waals surface area (Å²) in [5, 5.41) is 13.6. The van der Waals surface area contributed by atoms with Crippen molar-refractivity contribution in [2.75, 3.05) is 5.32 Å². The minimum atomic E-state index is -0.781. The zero-order valence-corrected chi connectivity index (χ0v) is 10.5. The highest BCUT2D eigenvalue weighted by Crippen LogP contribution is 2.40. The van der Waals surface area contributed by atoms with Crippen LogP contribution in [0.3, 0.4) is 0 Å². The Morgan fingerprint density at radius 1 is 1.47 bits per heavy atom. The van der Waals surface area contributed by atoms with Gasteiger partial charge < -0.3 is 11.1 Å². The zero-order chi connectivity index (χ0) is 14.4. The fourth-order valence-corrected chi connectivity index (χ4v) is 2.15. The predicted molar refractivity (Wildman–Crippen MR) is 67.7 cm³/mol. The number of nitro benzene ring substituents is 1. The summed E-state index contributed by atoms with van der Waals surface area (Å²) in [6, 6.07) is 2.79. The van der Waals surface area contributed by atoms with Crippen LogP contribution in [0.15, 0.2) is 12.1 Å².